The van der Waals surface area contributed by atoms with Crippen LogP contribution in [-0.4, -0.2) is 35.2 Å². The van der Waals surface area contributed by atoms with Gasteiger partial charge in [0.15, 0.2) is 0 Å². The van der Waals surface area contributed by atoms with Gasteiger partial charge in [-0.15, -0.1) is 0 Å². The van der Waals surface area contributed by atoms with Crippen LogP contribution in [0.15, 0.2) is 41.4 Å². The van der Waals surface area contributed by atoms with Gasteiger partial charge in [-0.05, 0) is 30.3 Å². The van der Waals surface area contributed by atoms with Crippen LogP contribution in [0.25, 0.3) is 10.9 Å². The summed E-state index contributed by atoms with van der Waals surface area (Å²) in [5, 5.41) is 17.0. The van der Waals surface area contributed by atoms with E-state index in [9.17, 15) is 35.5 Å². The highest BCUT2D eigenvalue weighted by molar-refractivity contribution is 7.92. The van der Waals surface area contributed by atoms with Crippen molar-refractivity contribution in [3.63, 3.8) is 0 Å². The first-order valence-electron chi connectivity index (χ1n) is 8.06. The lowest BCUT2D eigenvalue weighted by molar-refractivity contribution is -0.0978. The Morgan fingerprint density at radius 2 is 1.93 bits per heavy atom. The summed E-state index contributed by atoms with van der Waals surface area (Å²) in [5.41, 5.74) is -6.56. The molecule has 0 radical (unpaired) electrons. The number of fused-ring (bicyclic) bond motifs is 2. The van der Waals surface area contributed by atoms with E-state index in [2.05, 4.69) is 10.2 Å². The van der Waals surface area contributed by atoms with E-state index >= 15 is 0 Å². The highest BCUT2D eigenvalue weighted by Crippen LogP contribution is 2.51. The van der Waals surface area contributed by atoms with Crippen molar-refractivity contribution < 1.29 is 40.2 Å². The largest absolute Gasteiger partial charge is 0.501 e. The monoisotopic (exact) mass is 434 g/mol. The smallest absolute Gasteiger partial charge is 0.457 e. The predicted molar refractivity (Wildman–Crippen MR) is 89.5 cm³/mol. The SMILES string of the molecule is O=S(=O)(c1ccc(Oc2ccc3[nH]ncc3c2)c2c1C(O)C(F)(F)C2)C(F)(F)F. The number of aromatic nitrogens is 2. The average molecular weight is 434 g/mol. The molecule has 154 valence electrons. The maximum absolute atomic E-state index is 14.1. The zero-order chi connectivity index (χ0) is 21.2. The topological polar surface area (TPSA) is 92.3 Å². The normalized spacial score (nSPS) is 18.8. The third-order valence-corrected chi connectivity index (χ3v) is 6.14. The number of nitrogens with zero attached hydrogens (tertiary/aromatic N) is 1. The van der Waals surface area contributed by atoms with Gasteiger partial charge in [-0.1, -0.05) is 0 Å². The third-order valence-electron chi connectivity index (χ3n) is 4.59. The molecule has 12 heteroatoms. The number of benzene rings is 2. The van der Waals surface area contributed by atoms with Crippen LogP contribution >= 0.6 is 0 Å². The third kappa shape index (κ3) is 3.02. The van der Waals surface area contributed by atoms with Crippen molar-refractivity contribution >= 4 is 20.7 Å². The highest BCUT2D eigenvalue weighted by atomic mass is 32.2. The molecule has 1 unspecified atom stereocenters. The average Bonchev–Trinajstić information content (AvgIpc) is 3.17. The molecule has 1 aliphatic carbocycles. The number of hydrogen-bond acceptors (Lipinski definition) is 5. The Labute approximate surface area is 159 Å². The molecular formula is C17H11F5N2O4S. The molecule has 0 saturated heterocycles. The summed E-state index contributed by atoms with van der Waals surface area (Å²) in [7, 11) is -5.96. The van der Waals surface area contributed by atoms with Crippen molar-refractivity contribution in [1.82, 2.24) is 10.2 Å². The van der Waals surface area contributed by atoms with E-state index in [4.69, 9.17) is 4.74 Å². The van der Waals surface area contributed by atoms with Gasteiger partial charge in [-0.25, -0.2) is 17.2 Å². The Morgan fingerprint density at radius 3 is 2.62 bits per heavy atom. The molecule has 3 aromatic rings. The fraction of sp³-hybridized carbons (Fsp3) is 0.235. The summed E-state index contributed by atoms with van der Waals surface area (Å²) in [4.78, 5) is -1.41. The van der Waals surface area contributed by atoms with Gasteiger partial charge >= 0.3 is 5.51 Å². The predicted octanol–water partition coefficient (Wildman–Crippen LogP) is 3.87. The molecule has 29 heavy (non-hydrogen) atoms. The Hall–Kier alpha value is -2.73. The first kappa shape index (κ1) is 19.6. The first-order chi connectivity index (χ1) is 13.4. The van der Waals surface area contributed by atoms with E-state index in [1.165, 1.54) is 18.3 Å². The van der Waals surface area contributed by atoms with Gasteiger partial charge < -0.3 is 9.84 Å². The van der Waals surface area contributed by atoms with Crippen molar-refractivity contribution in [2.24, 2.45) is 0 Å². The van der Waals surface area contributed by atoms with Crippen molar-refractivity contribution in [3.05, 3.63) is 47.7 Å². The van der Waals surface area contributed by atoms with E-state index in [0.717, 1.165) is 6.07 Å². The molecule has 1 heterocycles. The van der Waals surface area contributed by atoms with Gasteiger partial charge in [0.1, 0.15) is 17.6 Å². The van der Waals surface area contributed by atoms with Crippen LogP contribution in [0.1, 0.15) is 17.2 Å². The second kappa shape index (κ2) is 6.13. The number of aliphatic hydroxyl groups excluding tert-OH is 1. The molecule has 0 fully saturated rings. The lowest BCUT2D eigenvalue weighted by atomic mass is 10.1. The number of ether oxygens (including phenoxy) is 1. The second-order valence-corrected chi connectivity index (χ2v) is 8.37. The molecule has 4 rings (SSSR count). The van der Waals surface area contributed by atoms with E-state index in [1.807, 2.05) is 0 Å². The number of aliphatic hydroxyl groups is 1. The highest BCUT2D eigenvalue weighted by Gasteiger charge is 2.55. The molecule has 1 atom stereocenters. The van der Waals surface area contributed by atoms with Crippen LogP contribution < -0.4 is 4.74 Å². The summed E-state index contributed by atoms with van der Waals surface area (Å²) in [5.74, 6) is -3.97. The minimum Gasteiger partial charge on any atom is -0.457 e. The minimum absolute atomic E-state index is 0.164. The fourth-order valence-electron chi connectivity index (χ4n) is 3.21. The molecule has 0 saturated carbocycles. The Morgan fingerprint density at radius 1 is 1.21 bits per heavy atom. The zero-order valence-electron chi connectivity index (χ0n) is 14.2. The van der Waals surface area contributed by atoms with Crippen LogP contribution in [0, 0.1) is 0 Å². The van der Waals surface area contributed by atoms with E-state index < -0.39 is 49.8 Å². The summed E-state index contributed by atoms with van der Waals surface area (Å²) in [6, 6.07) is 5.94. The number of sulfone groups is 1. The minimum atomic E-state index is -5.96. The van der Waals surface area contributed by atoms with Gasteiger partial charge in [-0.2, -0.15) is 18.3 Å². The van der Waals surface area contributed by atoms with Crippen molar-refractivity contribution in [2.45, 2.75) is 28.9 Å². The molecule has 1 aliphatic rings. The lowest BCUT2D eigenvalue weighted by Gasteiger charge is -2.17. The summed E-state index contributed by atoms with van der Waals surface area (Å²) in [6.45, 7) is 0. The molecule has 2 N–H and O–H groups in total. The standard InChI is InChI=1S/C17H11F5N2O4S/c18-16(19)6-10-12(28-9-1-2-11-8(5-9)7-23-24-11)3-4-13(14(10)15(16)25)29(26,27)17(20,21)22/h1-5,7,15,25H,6H2,(H,23,24). The van der Waals surface area contributed by atoms with Crippen molar-refractivity contribution in [2.75, 3.05) is 0 Å². The summed E-state index contributed by atoms with van der Waals surface area (Å²) >= 11 is 0. The van der Waals surface area contributed by atoms with Crippen LogP contribution in [0.2, 0.25) is 0 Å². The number of halogens is 5. The van der Waals surface area contributed by atoms with Gasteiger partial charge in [0.2, 0.25) is 0 Å². The van der Waals surface area contributed by atoms with E-state index in [-0.39, 0.29) is 11.5 Å². The first-order valence-corrected chi connectivity index (χ1v) is 9.54. The van der Waals surface area contributed by atoms with Gasteiger partial charge in [0.05, 0.1) is 16.6 Å². The number of aromatic amines is 1. The Balaban J connectivity index is 1.85. The van der Waals surface area contributed by atoms with Crippen molar-refractivity contribution in [3.8, 4) is 11.5 Å². The molecule has 0 amide bonds. The quantitative estimate of drug-likeness (QED) is 0.611. The molecule has 6 nitrogen and oxygen atoms in total. The summed E-state index contributed by atoms with van der Waals surface area (Å²) < 4.78 is 96.3. The molecular weight excluding hydrogens is 423 g/mol. The van der Waals surface area contributed by atoms with Gasteiger partial charge in [-0.3, -0.25) is 5.10 Å². The maximum Gasteiger partial charge on any atom is 0.501 e. The lowest BCUT2D eigenvalue weighted by Crippen LogP contribution is -2.26. The number of hydrogen-bond donors (Lipinski definition) is 2. The number of rotatable bonds is 3. The molecule has 0 spiro atoms. The van der Waals surface area contributed by atoms with E-state index in [0.29, 0.717) is 17.0 Å². The number of H-pyrrole nitrogens is 1. The fourth-order valence-corrected chi connectivity index (χ4v) is 4.24. The van der Waals surface area contributed by atoms with Crippen LogP contribution in [0.3, 0.4) is 0 Å². The summed E-state index contributed by atoms with van der Waals surface area (Å²) in [6.07, 6.45) is -2.41. The molecule has 0 bridgehead atoms. The van der Waals surface area contributed by atoms with Gasteiger partial charge in [0.25, 0.3) is 15.8 Å². The molecule has 2 aromatic carbocycles. The van der Waals surface area contributed by atoms with E-state index in [1.54, 1.807) is 6.07 Å². The molecule has 1 aromatic heterocycles. The molecule has 0 aliphatic heterocycles. The number of alkyl halides is 5. The van der Waals surface area contributed by atoms with Gasteiger partial charge in [0, 0.05) is 22.9 Å². The maximum atomic E-state index is 14.1. The zero-order valence-corrected chi connectivity index (χ0v) is 15.0. The number of nitrogens with one attached hydrogen (secondary N) is 1. The van der Waals surface area contributed by atoms with Crippen LogP contribution in [-0.2, 0) is 16.3 Å². The van der Waals surface area contributed by atoms with Crippen molar-refractivity contribution in [1.29, 1.82) is 0 Å². The second-order valence-electron chi connectivity index (χ2n) is 6.46. The Bertz CT molecular complexity index is 1220. The Kier molecular flexibility index (Phi) is 4.14. The van der Waals surface area contributed by atoms with Crippen LogP contribution in [0.4, 0.5) is 22.0 Å². The van der Waals surface area contributed by atoms with Crippen LogP contribution in [0.5, 0.6) is 11.5 Å².